The monoisotopic (exact) mass is 458 g/mol. The Morgan fingerprint density at radius 3 is 2.69 bits per heavy atom. The van der Waals surface area contributed by atoms with Crippen molar-refractivity contribution >= 4 is 17.2 Å². The van der Waals surface area contributed by atoms with Crippen LogP contribution in [0.5, 0.6) is 5.75 Å². The smallest absolute Gasteiger partial charge is 0.275 e. The van der Waals surface area contributed by atoms with Gasteiger partial charge in [-0.05, 0) is 38.0 Å². The van der Waals surface area contributed by atoms with Crippen molar-refractivity contribution in [3.05, 3.63) is 62.3 Å². The van der Waals surface area contributed by atoms with Gasteiger partial charge in [-0.3, -0.25) is 9.59 Å². The number of aromatic nitrogens is 3. The molecule has 8 nitrogen and oxygen atoms in total. The summed E-state index contributed by atoms with van der Waals surface area (Å²) in [5, 5.41) is 29.3. The lowest BCUT2D eigenvalue weighted by Crippen LogP contribution is -2.53. The van der Waals surface area contributed by atoms with Gasteiger partial charge in [0.15, 0.2) is 16.5 Å². The number of aliphatic hydroxyl groups excluding tert-OH is 1. The SMILES string of the molecule is Cc1ccc(Cc2nnc(-c3cn4c(c(O)c3=O)C(=O)N(C(C)C)C(CO)C4)s2)c(F)c1. The van der Waals surface area contributed by atoms with Gasteiger partial charge in [-0.2, -0.15) is 0 Å². The van der Waals surface area contributed by atoms with Crippen molar-refractivity contribution < 1.29 is 19.4 Å². The first kappa shape index (κ1) is 22.1. The highest BCUT2D eigenvalue weighted by Gasteiger charge is 2.37. The number of fused-ring (bicyclic) bond motifs is 1. The molecule has 1 aromatic carbocycles. The highest BCUT2D eigenvalue weighted by atomic mass is 32.1. The number of aliphatic hydroxyl groups is 1. The fourth-order valence-corrected chi connectivity index (χ4v) is 4.84. The zero-order valence-electron chi connectivity index (χ0n) is 17.9. The number of aromatic hydroxyl groups is 1. The van der Waals surface area contributed by atoms with Crippen LogP contribution in [0.3, 0.4) is 0 Å². The van der Waals surface area contributed by atoms with Crippen molar-refractivity contribution in [1.29, 1.82) is 0 Å². The number of aryl methyl sites for hydroxylation is 1. The standard InChI is InChI=1S/C22H23FN4O4S/c1-11(2)27-14(10-28)8-26-9-15(19(29)20(30)18(26)22(27)31)21-25-24-17(32-21)7-13-5-4-12(3)6-16(13)23/h4-6,9,11,14,28,30H,7-8,10H2,1-3H3. The van der Waals surface area contributed by atoms with Crippen LogP contribution in [-0.4, -0.2) is 54.5 Å². The number of hydrogen-bond acceptors (Lipinski definition) is 7. The molecule has 0 spiro atoms. The molecular formula is C22H23FN4O4S. The van der Waals surface area contributed by atoms with E-state index in [1.54, 1.807) is 26.8 Å². The predicted molar refractivity (Wildman–Crippen MR) is 117 cm³/mol. The fourth-order valence-electron chi connectivity index (χ4n) is 3.97. The third-order valence-corrected chi connectivity index (χ3v) is 6.47. The van der Waals surface area contributed by atoms with Gasteiger partial charge in [0, 0.05) is 25.2 Å². The van der Waals surface area contributed by atoms with Crippen molar-refractivity contribution in [1.82, 2.24) is 19.7 Å². The summed E-state index contributed by atoms with van der Waals surface area (Å²) in [6.45, 7) is 5.38. The van der Waals surface area contributed by atoms with Crippen LogP contribution in [0.4, 0.5) is 4.39 Å². The van der Waals surface area contributed by atoms with Gasteiger partial charge in [0.05, 0.1) is 18.2 Å². The minimum absolute atomic E-state index is 0.0989. The molecule has 2 aromatic heterocycles. The van der Waals surface area contributed by atoms with Crippen LogP contribution in [0.1, 0.15) is 40.5 Å². The van der Waals surface area contributed by atoms with E-state index in [0.717, 1.165) is 16.9 Å². The summed E-state index contributed by atoms with van der Waals surface area (Å²) in [7, 11) is 0. The van der Waals surface area contributed by atoms with E-state index in [1.165, 1.54) is 21.7 Å². The van der Waals surface area contributed by atoms with E-state index >= 15 is 0 Å². The highest BCUT2D eigenvalue weighted by molar-refractivity contribution is 7.14. The lowest BCUT2D eigenvalue weighted by molar-refractivity contribution is 0.0381. The van der Waals surface area contributed by atoms with Crippen LogP contribution in [0.25, 0.3) is 10.6 Å². The van der Waals surface area contributed by atoms with Crippen molar-refractivity contribution in [2.45, 2.75) is 45.8 Å². The Morgan fingerprint density at radius 1 is 1.28 bits per heavy atom. The largest absolute Gasteiger partial charge is 0.503 e. The molecule has 4 rings (SSSR count). The molecule has 32 heavy (non-hydrogen) atoms. The summed E-state index contributed by atoms with van der Waals surface area (Å²) in [6.07, 6.45) is 1.68. The number of carbonyl (C=O) groups excluding carboxylic acids is 1. The number of hydrogen-bond donors (Lipinski definition) is 2. The molecule has 0 fully saturated rings. The normalized spacial score (nSPS) is 16.0. The highest BCUT2D eigenvalue weighted by Crippen LogP contribution is 2.30. The van der Waals surface area contributed by atoms with Crippen LogP contribution in [0.15, 0.2) is 29.2 Å². The van der Waals surface area contributed by atoms with Crippen LogP contribution in [0, 0.1) is 12.7 Å². The second-order valence-corrected chi connectivity index (χ2v) is 9.20. The molecule has 1 aliphatic rings. The van der Waals surface area contributed by atoms with Gasteiger partial charge in [-0.25, -0.2) is 4.39 Å². The number of pyridine rings is 1. The Labute approximate surface area is 187 Å². The first-order valence-corrected chi connectivity index (χ1v) is 11.0. The van der Waals surface area contributed by atoms with E-state index in [0.29, 0.717) is 10.6 Å². The van der Waals surface area contributed by atoms with Gasteiger partial charge in [0.25, 0.3) is 5.91 Å². The summed E-state index contributed by atoms with van der Waals surface area (Å²) >= 11 is 1.12. The number of benzene rings is 1. The fraction of sp³-hybridized carbons (Fsp3) is 0.364. The first-order chi connectivity index (χ1) is 15.2. The molecule has 1 unspecified atom stereocenters. The number of amides is 1. The number of nitrogens with zero attached hydrogens (tertiary/aromatic N) is 4. The molecule has 0 aliphatic carbocycles. The Hall–Kier alpha value is -3.11. The summed E-state index contributed by atoms with van der Waals surface area (Å²) in [4.78, 5) is 27.3. The second-order valence-electron chi connectivity index (χ2n) is 8.14. The quantitative estimate of drug-likeness (QED) is 0.608. The van der Waals surface area contributed by atoms with E-state index in [9.17, 15) is 24.2 Å². The van der Waals surface area contributed by atoms with Gasteiger partial charge in [0.1, 0.15) is 10.8 Å². The molecule has 168 valence electrons. The van der Waals surface area contributed by atoms with E-state index in [4.69, 9.17) is 0 Å². The zero-order chi connectivity index (χ0) is 23.2. The third-order valence-electron chi connectivity index (χ3n) is 5.51. The summed E-state index contributed by atoms with van der Waals surface area (Å²) in [6, 6.07) is 4.24. The van der Waals surface area contributed by atoms with Crippen LogP contribution < -0.4 is 5.43 Å². The van der Waals surface area contributed by atoms with Crippen LogP contribution in [-0.2, 0) is 13.0 Å². The molecule has 3 heterocycles. The molecule has 0 bridgehead atoms. The summed E-state index contributed by atoms with van der Waals surface area (Å²) in [5.74, 6) is -1.51. The van der Waals surface area contributed by atoms with E-state index < -0.39 is 23.1 Å². The number of halogens is 1. The van der Waals surface area contributed by atoms with Gasteiger partial charge in [0.2, 0.25) is 5.43 Å². The number of carbonyl (C=O) groups is 1. The van der Waals surface area contributed by atoms with Gasteiger partial charge in [-0.15, -0.1) is 10.2 Å². The lowest BCUT2D eigenvalue weighted by atomic mass is 10.1. The molecular weight excluding hydrogens is 435 g/mol. The number of rotatable bonds is 5. The van der Waals surface area contributed by atoms with E-state index in [1.807, 2.05) is 6.07 Å². The molecule has 0 saturated heterocycles. The van der Waals surface area contributed by atoms with E-state index in [-0.39, 0.29) is 47.7 Å². The van der Waals surface area contributed by atoms with E-state index in [2.05, 4.69) is 10.2 Å². The zero-order valence-corrected chi connectivity index (χ0v) is 18.7. The Bertz CT molecular complexity index is 1250. The molecule has 0 saturated carbocycles. The molecule has 1 aliphatic heterocycles. The molecule has 0 radical (unpaired) electrons. The maximum absolute atomic E-state index is 14.2. The van der Waals surface area contributed by atoms with Crippen molar-refractivity contribution in [2.24, 2.45) is 0 Å². The minimum Gasteiger partial charge on any atom is -0.503 e. The van der Waals surface area contributed by atoms with Gasteiger partial charge < -0.3 is 19.7 Å². The molecule has 1 amide bonds. The minimum atomic E-state index is -0.722. The van der Waals surface area contributed by atoms with Crippen molar-refractivity contribution in [3.8, 4) is 16.3 Å². The molecule has 1 atom stereocenters. The maximum atomic E-state index is 14.2. The molecule has 3 aromatic rings. The predicted octanol–water partition coefficient (Wildman–Crippen LogP) is 2.34. The Morgan fingerprint density at radius 2 is 2.03 bits per heavy atom. The average Bonchev–Trinajstić information content (AvgIpc) is 3.20. The van der Waals surface area contributed by atoms with Crippen molar-refractivity contribution in [2.75, 3.05) is 6.61 Å². The maximum Gasteiger partial charge on any atom is 0.275 e. The molecule has 10 heteroatoms. The Kier molecular flexibility index (Phi) is 5.83. The Balaban J connectivity index is 1.72. The first-order valence-electron chi connectivity index (χ1n) is 10.2. The molecule has 2 N–H and O–H groups in total. The van der Waals surface area contributed by atoms with Gasteiger partial charge in [-0.1, -0.05) is 23.5 Å². The van der Waals surface area contributed by atoms with Crippen molar-refractivity contribution in [3.63, 3.8) is 0 Å². The van der Waals surface area contributed by atoms with Crippen LogP contribution >= 0.6 is 11.3 Å². The topological polar surface area (TPSA) is 109 Å². The summed E-state index contributed by atoms with van der Waals surface area (Å²) < 4.78 is 15.7. The van der Waals surface area contributed by atoms with Crippen LogP contribution in [0.2, 0.25) is 0 Å². The third kappa shape index (κ3) is 3.80. The van der Waals surface area contributed by atoms with Gasteiger partial charge >= 0.3 is 0 Å². The lowest BCUT2D eigenvalue weighted by Gasteiger charge is -2.39. The average molecular weight is 459 g/mol. The second kappa shape index (κ2) is 8.44. The summed E-state index contributed by atoms with van der Waals surface area (Å²) in [5.41, 5.74) is 0.549.